The second kappa shape index (κ2) is 10.3. The number of rotatable bonds is 4. The Labute approximate surface area is 237 Å². The maximum absolute atomic E-state index is 9.20. The zero-order valence-corrected chi connectivity index (χ0v) is 23.3. The highest BCUT2D eigenvalue weighted by atomic mass is 32.2. The van der Waals surface area contributed by atoms with Crippen LogP contribution in [0.15, 0.2) is 54.9 Å². The van der Waals surface area contributed by atoms with Crippen molar-refractivity contribution in [3.05, 3.63) is 60.4 Å². The summed E-state index contributed by atoms with van der Waals surface area (Å²) in [6, 6.07) is 14.6. The molecule has 0 radical (unpaired) electrons. The number of hydrogen-bond acceptors (Lipinski definition) is 10. The van der Waals surface area contributed by atoms with Gasteiger partial charge < -0.3 is 24.4 Å². The van der Waals surface area contributed by atoms with E-state index in [9.17, 15) is 5.11 Å². The third kappa shape index (κ3) is 4.73. The van der Waals surface area contributed by atoms with Gasteiger partial charge in [0.2, 0.25) is 5.95 Å². The minimum Gasteiger partial charge on any atom is -0.487 e. The number of nitrogens with zero attached hydrogens (tertiary/aromatic N) is 7. The maximum Gasteiger partial charge on any atom is 0.230 e. The summed E-state index contributed by atoms with van der Waals surface area (Å²) in [6.07, 6.45) is 7.56. The Balaban J connectivity index is 1.34. The highest BCUT2D eigenvalue weighted by Gasteiger charge is 2.34. The first-order chi connectivity index (χ1) is 19.6. The van der Waals surface area contributed by atoms with Gasteiger partial charge in [0.05, 0.1) is 29.9 Å². The first kappa shape index (κ1) is 25.2. The predicted molar refractivity (Wildman–Crippen MR) is 158 cm³/mol. The number of nitrogens with one attached hydrogen (secondary N) is 1. The molecule has 1 fully saturated rings. The summed E-state index contributed by atoms with van der Waals surface area (Å²) in [7, 11) is 0. The molecule has 10 rings (SSSR count). The third-order valence-corrected chi connectivity index (χ3v) is 8.71. The number of ether oxygens (including phenoxy) is 1. The van der Waals surface area contributed by atoms with Crippen molar-refractivity contribution in [2.45, 2.75) is 38.2 Å². The Morgan fingerprint density at radius 3 is 2.77 bits per heavy atom. The van der Waals surface area contributed by atoms with Crippen molar-refractivity contribution in [2.24, 2.45) is 0 Å². The predicted octanol–water partition coefficient (Wildman–Crippen LogP) is 4.61. The average Bonchev–Trinajstić information content (AvgIpc) is 3.47. The lowest BCUT2D eigenvalue weighted by Gasteiger charge is -2.41. The zero-order valence-electron chi connectivity index (χ0n) is 22.5. The Kier molecular flexibility index (Phi) is 6.47. The van der Waals surface area contributed by atoms with E-state index in [0.29, 0.717) is 17.4 Å². The quantitative estimate of drug-likeness (QED) is 0.273. The molecule has 6 aliphatic rings. The SMILES string of the molecule is CC12CCN(CC1)c1cc(NSCCO)ccc1-n1cc(nn1)-c1ccnc(n1)N1CCCc3cc(ccc31)O2. The molecular weight excluding hydrogens is 524 g/mol. The van der Waals surface area contributed by atoms with Crippen molar-refractivity contribution >= 4 is 35.0 Å². The smallest absolute Gasteiger partial charge is 0.230 e. The molecular formula is C29H32N8O2S. The Morgan fingerprint density at radius 2 is 1.90 bits per heavy atom. The van der Waals surface area contributed by atoms with Crippen LogP contribution in [0.1, 0.15) is 31.7 Å². The summed E-state index contributed by atoms with van der Waals surface area (Å²) < 4.78 is 11.9. The Hall–Kier alpha value is -3.83. The molecule has 8 heterocycles. The van der Waals surface area contributed by atoms with Crippen LogP contribution in [0.4, 0.5) is 23.0 Å². The summed E-state index contributed by atoms with van der Waals surface area (Å²) in [5.41, 5.74) is 6.58. The number of hydrogen-bond donors (Lipinski definition) is 2. The summed E-state index contributed by atoms with van der Waals surface area (Å²) in [4.78, 5) is 14.1. The van der Waals surface area contributed by atoms with Gasteiger partial charge >= 0.3 is 0 Å². The second-order valence-corrected chi connectivity index (χ2v) is 11.7. The second-order valence-electron chi connectivity index (χ2n) is 10.8. The van der Waals surface area contributed by atoms with Gasteiger partial charge in [0, 0.05) is 55.8 Å². The summed E-state index contributed by atoms with van der Waals surface area (Å²) in [5, 5.41) is 18.2. The number of aliphatic hydroxyl groups excluding tert-OH is 1. The molecule has 2 aromatic heterocycles. The van der Waals surface area contributed by atoms with Crippen molar-refractivity contribution in [3.8, 4) is 22.8 Å². The van der Waals surface area contributed by atoms with E-state index in [0.717, 1.165) is 79.5 Å². The van der Waals surface area contributed by atoms with E-state index in [1.54, 1.807) is 6.20 Å². The Morgan fingerprint density at radius 1 is 1.02 bits per heavy atom. The number of piperidine rings is 1. The number of aryl methyl sites for hydroxylation is 1. The molecule has 1 saturated heterocycles. The van der Waals surface area contributed by atoms with Crippen LogP contribution in [0, 0.1) is 0 Å². The molecule has 0 spiro atoms. The number of aromatic nitrogens is 5. The fraction of sp³-hybridized carbons (Fsp3) is 0.379. The van der Waals surface area contributed by atoms with Crippen LogP contribution in [0.5, 0.6) is 5.75 Å². The first-order valence-corrected chi connectivity index (χ1v) is 14.8. The van der Waals surface area contributed by atoms with Crippen LogP contribution in [-0.2, 0) is 6.42 Å². The summed E-state index contributed by atoms with van der Waals surface area (Å²) >= 11 is 1.49. The largest absolute Gasteiger partial charge is 0.487 e. The molecule has 6 aliphatic heterocycles. The van der Waals surface area contributed by atoms with Gasteiger partial charge in [-0.05, 0) is 67.8 Å². The molecule has 206 valence electrons. The first-order valence-electron chi connectivity index (χ1n) is 13.8. The van der Waals surface area contributed by atoms with Gasteiger partial charge in [0.1, 0.15) is 17.0 Å². The van der Waals surface area contributed by atoms with Crippen molar-refractivity contribution in [1.82, 2.24) is 25.0 Å². The monoisotopic (exact) mass is 556 g/mol. The molecule has 10 nitrogen and oxygen atoms in total. The number of benzene rings is 2. The molecule has 0 atom stereocenters. The van der Waals surface area contributed by atoms with Gasteiger partial charge in [-0.2, -0.15) is 0 Å². The molecule has 10 bridgehead atoms. The lowest BCUT2D eigenvalue weighted by atomic mass is 9.92. The van der Waals surface area contributed by atoms with Gasteiger partial charge in [-0.15, -0.1) is 5.10 Å². The Bertz CT molecular complexity index is 1530. The molecule has 0 unspecified atom stereocenters. The molecule has 40 heavy (non-hydrogen) atoms. The molecule has 0 saturated carbocycles. The minimum absolute atomic E-state index is 0.127. The van der Waals surface area contributed by atoms with E-state index in [1.165, 1.54) is 17.5 Å². The van der Waals surface area contributed by atoms with Gasteiger partial charge in [-0.3, -0.25) is 0 Å². The topological polar surface area (TPSA) is 104 Å². The van der Waals surface area contributed by atoms with Gasteiger partial charge in [0.25, 0.3) is 0 Å². The van der Waals surface area contributed by atoms with Crippen LogP contribution in [0.25, 0.3) is 17.1 Å². The van der Waals surface area contributed by atoms with Gasteiger partial charge in [0.15, 0.2) is 0 Å². The van der Waals surface area contributed by atoms with E-state index in [4.69, 9.17) is 9.72 Å². The van der Waals surface area contributed by atoms with Crippen molar-refractivity contribution in [1.29, 1.82) is 0 Å². The molecule has 11 heteroatoms. The van der Waals surface area contributed by atoms with E-state index < -0.39 is 0 Å². The van der Waals surface area contributed by atoms with E-state index >= 15 is 0 Å². The molecule has 0 amide bonds. The van der Waals surface area contributed by atoms with E-state index in [2.05, 4.69) is 67.1 Å². The summed E-state index contributed by atoms with van der Waals surface area (Å²) in [6.45, 7) is 4.92. The van der Waals surface area contributed by atoms with E-state index in [1.807, 2.05) is 23.0 Å². The van der Waals surface area contributed by atoms with Crippen molar-refractivity contribution in [2.75, 3.05) is 46.5 Å². The average molecular weight is 557 g/mol. The van der Waals surface area contributed by atoms with Gasteiger partial charge in [-0.25, -0.2) is 14.6 Å². The van der Waals surface area contributed by atoms with Crippen LogP contribution in [0.3, 0.4) is 0 Å². The lowest BCUT2D eigenvalue weighted by molar-refractivity contribution is 0.0620. The zero-order chi connectivity index (χ0) is 27.1. The fourth-order valence-electron chi connectivity index (χ4n) is 5.79. The van der Waals surface area contributed by atoms with Crippen LogP contribution >= 0.6 is 11.9 Å². The van der Waals surface area contributed by atoms with Gasteiger partial charge in [-0.1, -0.05) is 17.2 Å². The number of anilines is 4. The molecule has 2 N–H and O–H groups in total. The fourth-order valence-corrected chi connectivity index (χ4v) is 6.27. The molecule has 4 aromatic rings. The minimum atomic E-state index is -0.255. The highest BCUT2D eigenvalue weighted by Crippen LogP contribution is 2.39. The van der Waals surface area contributed by atoms with Crippen molar-refractivity contribution < 1.29 is 9.84 Å². The highest BCUT2D eigenvalue weighted by molar-refractivity contribution is 8.00. The number of aliphatic hydroxyl groups is 1. The van der Waals surface area contributed by atoms with Crippen LogP contribution in [0.2, 0.25) is 0 Å². The third-order valence-electron chi connectivity index (χ3n) is 7.94. The molecule has 0 aliphatic carbocycles. The van der Waals surface area contributed by atoms with Crippen LogP contribution in [-0.4, -0.2) is 67.7 Å². The molecule has 2 aromatic carbocycles. The van der Waals surface area contributed by atoms with Crippen LogP contribution < -0.4 is 19.3 Å². The van der Waals surface area contributed by atoms with E-state index in [-0.39, 0.29) is 12.2 Å². The lowest BCUT2D eigenvalue weighted by Crippen LogP contribution is -2.46. The van der Waals surface area contributed by atoms with Crippen molar-refractivity contribution in [3.63, 3.8) is 0 Å². The summed E-state index contributed by atoms with van der Waals surface area (Å²) in [5.74, 6) is 2.20. The normalized spacial score (nSPS) is 17.1. The standard InChI is InChI=1S/C29H32N8O2S/c1-29-9-13-35(14-10-29)27-18-21(33-40-16-15-38)4-6-26(27)37-19-24(32-34-37)23-8-11-30-28(31-23)36-12-2-3-20-17-22(39-29)5-7-25(20)36/h4-8,11,17-19,33,38H,2-3,9-10,12-16H2,1H3. The maximum atomic E-state index is 9.20.